The zero-order valence-electron chi connectivity index (χ0n) is 22.7. The van der Waals surface area contributed by atoms with Crippen LogP contribution in [0.4, 0.5) is 5.82 Å². The maximum Gasteiger partial charge on any atom is 0.140 e. The van der Waals surface area contributed by atoms with Crippen molar-refractivity contribution in [3.63, 3.8) is 0 Å². The van der Waals surface area contributed by atoms with Crippen LogP contribution in [0.2, 0.25) is 25.7 Å². The molecular weight excluding hydrogens is 486 g/mol. The standard InChI is InChI=1S/C27H39N5O4Si/c1-27(8-9-27)36-20-6-7-23-22(14-20)26(32(30-23)19-34-12-13-37(3,4)5)24-15-25(29-18-28-24)31-10-11-35-21(16-31)17-33-2/h6-7,14-15,18,21H,8-13,16-17,19H2,1-5H3/t21-/m0/s1. The second kappa shape index (κ2) is 10.7. The van der Waals surface area contributed by atoms with Gasteiger partial charge in [0.05, 0.1) is 36.2 Å². The van der Waals surface area contributed by atoms with Crippen molar-refractivity contribution < 1.29 is 18.9 Å². The SMILES string of the molecule is COC[C@@H]1CN(c2cc(-c3c4cc(OC5(C)CC5)ccc4nn3COCC[Si](C)(C)C)ncn2)CCO1. The lowest BCUT2D eigenvalue weighted by atomic mass is 10.1. The minimum Gasteiger partial charge on any atom is -0.488 e. The predicted octanol–water partition coefficient (Wildman–Crippen LogP) is 4.59. The molecule has 9 nitrogen and oxygen atoms in total. The number of aromatic nitrogens is 4. The predicted molar refractivity (Wildman–Crippen MR) is 147 cm³/mol. The van der Waals surface area contributed by atoms with Crippen LogP contribution < -0.4 is 9.64 Å². The lowest BCUT2D eigenvalue weighted by Gasteiger charge is -2.33. The molecule has 37 heavy (non-hydrogen) atoms. The van der Waals surface area contributed by atoms with Crippen LogP contribution in [-0.2, 0) is 20.9 Å². The van der Waals surface area contributed by atoms with Crippen LogP contribution in [-0.4, -0.2) is 79.5 Å². The highest BCUT2D eigenvalue weighted by molar-refractivity contribution is 6.76. The summed E-state index contributed by atoms with van der Waals surface area (Å²) in [6.07, 6.45) is 3.82. The van der Waals surface area contributed by atoms with Gasteiger partial charge in [-0.2, -0.15) is 5.10 Å². The number of fused-ring (bicyclic) bond motifs is 1. The molecule has 1 atom stereocenters. The van der Waals surface area contributed by atoms with Crippen LogP contribution in [0.1, 0.15) is 19.8 Å². The van der Waals surface area contributed by atoms with Crippen molar-refractivity contribution in [3.8, 4) is 17.1 Å². The third kappa shape index (κ3) is 6.49. The molecule has 200 valence electrons. The highest BCUT2D eigenvalue weighted by Gasteiger charge is 2.40. The number of ether oxygens (including phenoxy) is 4. The molecule has 10 heteroatoms. The van der Waals surface area contributed by atoms with E-state index in [9.17, 15) is 0 Å². The first-order chi connectivity index (χ1) is 17.7. The Morgan fingerprint density at radius 2 is 2.00 bits per heavy atom. The second-order valence-corrected chi connectivity index (χ2v) is 17.2. The number of nitrogens with zero attached hydrogens (tertiary/aromatic N) is 5. The highest BCUT2D eigenvalue weighted by Crippen LogP contribution is 2.41. The molecule has 1 saturated carbocycles. The van der Waals surface area contributed by atoms with Gasteiger partial charge in [-0.3, -0.25) is 0 Å². The fraction of sp³-hybridized carbons (Fsp3) is 0.593. The number of hydrogen-bond donors (Lipinski definition) is 0. The molecule has 1 aliphatic carbocycles. The fourth-order valence-electron chi connectivity index (χ4n) is 4.49. The Labute approximate surface area is 220 Å². The van der Waals surface area contributed by atoms with E-state index in [0.717, 1.165) is 72.4 Å². The van der Waals surface area contributed by atoms with Gasteiger partial charge in [0.1, 0.15) is 30.2 Å². The molecule has 3 heterocycles. The van der Waals surface area contributed by atoms with E-state index in [1.165, 1.54) is 0 Å². The molecule has 0 spiro atoms. The number of benzene rings is 1. The fourth-order valence-corrected chi connectivity index (χ4v) is 5.25. The molecule has 0 amide bonds. The van der Waals surface area contributed by atoms with E-state index < -0.39 is 8.07 Å². The van der Waals surface area contributed by atoms with Crippen molar-refractivity contribution >= 4 is 24.8 Å². The van der Waals surface area contributed by atoms with Gasteiger partial charge >= 0.3 is 0 Å². The summed E-state index contributed by atoms with van der Waals surface area (Å²) in [4.78, 5) is 11.5. The Balaban J connectivity index is 1.47. The summed E-state index contributed by atoms with van der Waals surface area (Å²) >= 11 is 0. The van der Waals surface area contributed by atoms with Crippen LogP contribution in [0.25, 0.3) is 22.3 Å². The van der Waals surface area contributed by atoms with Gasteiger partial charge in [-0.1, -0.05) is 19.6 Å². The Kier molecular flexibility index (Phi) is 7.53. The van der Waals surface area contributed by atoms with E-state index in [1.807, 2.05) is 22.9 Å². The molecule has 0 bridgehead atoms. The number of anilines is 1. The smallest absolute Gasteiger partial charge is 0.140 e. The third-order valence-corrected chi connectivity index (χ3v) is 8.65. The zero-order chi connectivity index (χ0) is 26.0. The van der Waals surface area contributed by atoms with Gasteiger partial charge in [0.25, 0.3) is 0 Å². The highest BCUT2D eigenvalue weighted by atomic mass is 28.3. The van der Waals surface area contributed by atoms with Crippen molar-refractivity contribution in [2.45, 2.75) is 63.9 Å². The Hall–Kier alpha value is -2.53. The minimum atomic E-state index is -1.18. The first-order valence-corrected chi connectivity index (χ1v) is 16.9. The summed E-state index contributed by atoms with van der Waals surface area (Å²) in [5, 5.41) is 5.89. The van der Waals surface area contributed by atoms with Crippen molar-refractivity contribution in [2.24, 2.45) is 0 Å². The van der Waals surface area contributed by atoms with Crippen LogP contribution in [0, 0.1) is 0 Å². The molecule has 0 unspecified atom stereocenters. The number of methoxy groups -OCH3 is 1. The quantitative estimate of drug-likeness (QED) is 0.266. The Morgan fingerprint density at radius 3 is 2.76 bits per heavy atom. The van der Waals surface area contributed by atoms with Crippen LogP contribution >= 0.6 is 0 Å². The second-order valence-electron chi connectivity index (χ2n) is 11.6. The van der Waals surface area contributed by atoms with Gasteiger partial charge in [-0.25, -0.2) is 14.6 Å². The van der Waals surface area contributed by atoms with Crippen LogP contribution in [0.15, 0.2) is 30.6 Å². The molecule has 3 aromatic rings. The molecule has 1 aliphatic heterocycles. The van der Waals surface area contributed by atoms with Gasteiger partial charge < -0.3 is 23.8 Å². The van der Waals surface area contributed by atoms with Gasteiger partial charge in [-0.15, -0.1) is 0 Å². The van der Waals surface area contributed by atoms with Crippen LogP contribution in [0.5, 0.6) is 5.75 Å². The molecule has 1 aromatic carbocycles. The van der Waals surface area contributed by atoms with E-state index in [-0.39, 0.29) is 11.7 Å². The molecule has 2 aromatic heterocycles. The normalized spacial score (nSPS) is 19.4. The van der Waals surface area contributed by atoms with E-state index in [1.54, 1.807) is 13.4 Å². The van der Waals surface area contributed by atoms with Gasteiger partial charge in [0, 0.05) is 46.3 Å². The van der Waals surface area contributed by atoms with Gasteiger partial charge in [0.15, 0.2) is 0 Å². The Morgan fingerprint density at radius 1 is 1.16 bits per heavy atom. The van der Waals surface area contributed by atoms with Crippen molar-refractivity contribution in [1.82, 2.24) is 19.7 Å². The zero-order valence-corrected chi connectivity index (χ0v) is 23.7. The van der Waals surface area contributed by atoms with Crippen molar-refractivity contribution in [2.75, 3.05) is 44.9 Å². The number of hydrogen-bond acceptors (Lipinski definition) is 8. The maximum absolute atomic E-state index is 6.28. The molecule has 2 aliphatic rings. The molecular formula is C27H39N5O4Si. The van der Waals surface area contributed by atoms with E-state index >= 15 is 0 Å². The molecule has 0 radical (unpaired) electrons. The van der Waals surface area contributed by atoms with Gasteiger partial charge in [0.2, 0.25) is 0 Å². The van der Waals surface area contributed by atoms with E-state index in [2.05, 4.69) is 47.5 Å². The topological polar surface area (TPSA) is 83.8 Å². The monoisotopic (exact) mass is 525 g/mol. The maximum atomic E-state index is 6.28. The summed E-state index contributed by atoms with van der Waals surface area (Å²) in [5.41, 5.74) is 2.57. The van der Waals surface area contributed by atoms with Crippen molar-refractivity contribution in [3.05, 3.63) is 30.6 Å². The lowest BCUT2D eigenvalue weighted by Crippen LogP contribution is -2.44. The summed E-state index contributed by atoms with van der Waals surface area (Å²) in [6, 6.07) is 9.27. The van der Waals surface area contributed by atoms with E-state index in [0.29, 0.717) is 19.9 Å². The lowest BCUT2D eigenvalue weighted by molar-refractivity contribution is -0.0102. The minimum absolute atomic E-state index is 0.0202. The number of rotatable bonds is 11. The van der Waals surface area contributed by atoms with Crippen LogP contribution in [0.3, 0.4) is 0 Å². The summed E-state index contributed by atoms with van der Waals surface area (Å²) in [6.45, 7) is 13.0. The van der Waals surface area contributed by atoms with E-state index in [4.69, 9.17) is 24.0 Å². The average molecular weight is 526 g/mol. The largest absolute Gasteiger partial charge is 0.488 e. The first-order valence-electron chi connectivity index (χ1n) is 13.2. The van der Waals surface area contributed by atoms with Crippen molar-refractivity contribution in [1.29, 1.82) is 0 Å². The third-order valence-electron chi connectivity index (χ3n) is 6.95. The molecule has 5 rings (SSSR count). The van der Waals surface area contributed by atoms with Gasteiger partial charge in [-0.05, 0) is 44.0 Å². The average Bonchev–Trinajstić information content (AvgIpc) is 3.47. The molecule has 0 N–H and O–H groups in total. The summed E-state index contributed by atoms with van der Waals surface area (Å²) in [5.74, 6) is 1.73. The summed E-state index contributed by atoms with van der Waals surface area (Å²) < 4.78 is 25.5. The Bertz CT molecular complexity index is 1220. The number of morpholine rings is 1. The molecule has 2 fully saturated rings. The molecule has 1 saturated heterocycles. The summed E-state index contributed by atoms with van der Waals surface area (Å²) in [7, 11) is 0.515. The first kappa shape index (κ1) is 26.1.